The summed E-state index contributed by atoms with van der Waals surface area (Å²) in [6, 6.07) is 1.98. The first kappa shape index (κ1) is 8.38. The molecule has 0 unspecified atom stereocenters. The van der Waals surface area contributed by atoms with Gasteiger partial charge in [0.15, 0.2) is 0 Å². The second kappa shape index (κ2) is 2.92. The number of aromatic nitrogens is 2. The van der Waals surface area contributed by atoms with Crippen molar-refractivity contribution in [2.24, 2.45) is 0 Å². The Hall–Kier alpha value is -1.22. The first-order valence-electron chi connectivity index (χ1n) is 4.18. The highest BCUT2D eigenvalue weighted by Gasteiger charge is 2.16. The summed E-state index contributed by atoms with van der Waals surface area (Å²) in [4.78, 5) is 0. The summed E-state index contributed by atoms with van der Waals surface area (Å²) >= 11 is 0. The molecule has 13 heavy (non-hydrogen) atoms. The zero-order valence-corrected chi connectivity index (χ0v) is 8.68. The van der Waals surface area contributed by atoms with Gasteiger partial charge in [-0.15, -0.1) is 0 Å². The van der Waals surface area contributed by atoms with Crippen molar-refractivity contribution in [3.8, 4) is 0 Å². The normalized spacial score (nSPS) is 16.8. The molecule has 0 saturated carbocycles. The molecule has 1 heterocycles. The van der Waals surface area contributed by atoms with Crippen LogP contribution in [0.4, 0.5) is 0 Å². The fraction of sp³-hybridized carbons (Fsp3) is 0.200. The molecule has 0 bridgehead atoms. The Morgan fingerprint density at radius 1 is 1.38 bits per heavy atom. The minimum absolute atomic E-state index is 1.07. The zero-order chi connectivity index (χ0) is 9.42. The van der Waals surface area contributed by atoms with Crippen molar-refractivity contribution >= 4 is 20.6 Å². The molecule has 1 aromatic rings. The molecule has 64 valence electrons. The Bertz CT molecular complexity index is 410. The molecule has 0 amide bonds. The van der Waals surface area contributed by atoms with Crippen molar-refractivity contribution in [2.45, 2.75) is 13.8 Å². The first-order chi connectivity index (χ1) is 6.20. The molecule has 1 aromatic heterocycles. The van der Waals surface area contributed by atoms with Crippen LogP contribution in [-0.2, 0) is 0 Å². The molecule has 0 aromatic carbocycles. The highest BCUT2D eigenvalue weighted by Crippen LogP contribution is 2.28. The van der Waals surface area contributed by atoms with E-state index in [-0.39, 0.29) is 0 Å². The summed E-state index contributed by atoms with van der Waals surface area (Å²) in [5.41, 5.74) is 4.88. The minimum Gasteiger partial charge on any atom is -0.278 e. The van der Waals surface area contributed by atoms with Crippen LogP contribution in [0.5, 0.6) is 0 Å². The summed E-state index contributed by atoms with van der Waals surface area (Å²) in [6.45, 7) is 4.23. The van der Waals surface area contributed by atoms with E-state index in [1.807, 2.05) is 6.07 Å². The summed E-state index contributed by atoms with van der Waals surface area (Å²) in [7, 11) is 3.59. The van der Waals surface area contributed by atoms with Gasteiger partial charge in [0.25, 0.3) is 0 Å². The van der Waals surface area contributed by atoms with Crippen molar-refractivity contribution in [3.63, 3.8) is 0 Å². The van der Waals surface area contributed by atoms with Crippen LogP contribution < -0.4 is 0 Å². The second-order valence-corrected chi connectivity index (χ2v) is 3.75. The molecular weight excluding hydrogens is 176 g/mol. The third kappa shape index (κ3) is 1.25. The Morgan fingerprint density at radius 2 is 2.15 bits per heavy atom. The lowest BCUT2D eigenvalue weighted by molar-refractivity contribution is 1.08. The smallest absolute Gasteiger partial charge is 0.0654 e. The SMILES string of the molecule is CC1=CC(=[Si])C(c2ccn[nH]2)=C1C. The maximum Gasteiger partial charge on any atom is 0.0654 e. The van der Waals surface area contributed by atoms with Gasteiger partial charge < -0.3 is 0 Å². The molecule has 1 N–H and O–H groups in total. The molecule has 2 rings (SSSR count). The van der Waals surface area contributed by atoms with E-state index in [0.717, 1.165) is 10.9 Å². The molecule has 0 fully saturated rings. The van der Waals surface area contributed by atoms with E-state index in [9.17, 15) is 0 Å². The van der Waals surface area contributed by atoms with Gasteiger partial charge in [0, 0.05) is 21.6 Å². The number of aromatic amines is 1. The van der Waals surface area contributed by atoms with E-state index in [0.29, 0.717) is 0 Å². The van der Waals surface area contributed by atoms with Crippen LogP contribution in [0.3, 0.4) is 0 Å². The standard InChI is InChI=1S/C10H10N2Si/c1-6-5-9(13)10(7(6)2)8-3-4-11-12-8/h3-5H,1-2H3,(H,11,12). The van der Waals surface area contributed by atoms with Crippen LogP contribution in [0.15, 0.2) is 29.5 Å². The van der Waals surface area contributed by atoms with E-state index < -0.39 is 0 Å². The summed E-state index contributed by atoms with van der Waals surface area (Å²) in [5.74, 6) is 0. The van der Waals surface area contributed by atoms with Crippen molar-refractivity contribution in [1.82, 2.24) is 10.2 Å². The fourth-order valence-corrected chi connectivity index (χ4v) is 2.08. The first-order valence-corrected chi connectivity index (χ1v) is 4.68. The minimum atomic E-state index is 1.07. The lowest BCUT2D eigenvalue weighted by atomic mass is 10.1. The molecule has 0 saturated heterocycles. The number of hydrogen-bond acceptors (Lipinski definition) is 1. The Kier molecular flexibility index (Phi) is 1.88. The van der Waals surface area contributed by atoms with E-state index in [4.69, 9.17) is 0 Å². The van der Waals surface area contributed by atoms with Crippen LogP contribution in [0.25, 0.3) is 5.57 Å². The summed E-state index contributed by atoms with van der Waals surface area (Å²) in [5, 5.41) is 8.04. The number of H-pyrrole nitrogens is 1. The third-order valence-corrected chi connectivity index (χ3v) is 2.76. The lowest BCUT2D eigenvalue weighted by Crippen LogP contribution is -1.96. The molecule has 0 atom stereocenters. The predicted octanol–water partition coefficient (Wildman–Crippen LogP) is 1.48. The van der Waals surface area contributed by atoms with Gasteiger partial charge in [0.05, 0.1) is 5.69 Å². The average Bonchev–Trinajstić information content (AvgIpc) is 2.63. The highest BCUT2D eigenvalue weighted by molar-refractivity contribution is 6.58. The van der Waals surface area contributed by atoms with Gasteiger partial charge in [-0.25, -0.2) is 0 Å². The Labute approximate surface area is 80.4 Å². The van der Waals surface area contributed by atoms with Gasteiger partial charge in [-0.3, -0.25) is 5.10 Å². The van der Waals surface area contributed by atoms with E-state index in [1.165, 1.54) is 16.7 Å². The zero-order valence-electron chi connectivity index (χ0n) is 7.68. The van der Waals surface area contributed by atoms with Crippen LogP contribution in [0.2, 0.25) is 0 Å². The maximum absolute atomic E-state index is 3.94. The lowest BCUT2D eigenvalue weighted by Gasteiger charge is -2.02. The number of allylic oxidation sites excluding steroid dienone is 4. The summed E-state index contributed by atoms with van der Waals surface area (Å²) < 4.78 is 0. The molecule has 2 nitrogen and oxygen atoms in total. The monoisotopic (exact) mass is 186 g/mol. The van der Waals surface area contributed by atoms with E-state index in [2.05, 4.69) is 40.0 Å². The van der Waals surface area contributed by atoms with E-state index in [1.54, 1.807) is 6.20 Å². The third-order valence-electron chi connectivity index (χ3n) is 2.37. The Balaban J connectivity index is 2.53. The molecule has 1 aliphatic rings. The molecule has 0 aliphatic heterocycles. The molecule has 1 aliphatic carbocycles. The van der Waals surface area contributed by atoms with Crippen molar-refractivity contribution in [1.29, 1.82) is 0 Å². The Morgan fingerprint density at radius 3 is 2.62 bits per heavy atom. The maximum atomic E-state index is 3.94. The fourth-order valence-electron chi connectivity index (χ4n) is 1.54. The van der Waals surface area contributed by atoms with Gasteiger partial charge in [-0.05, 0) is 36.2 Å². The van der Waals surface area contributed by atoms with Gasteiger partial charge in [-0.2, -0.15) is 5.10 Å². The van der Waals surface area contributed by atoms with Crippen LogP contribution in [0, 0.1) is 0 Å². The molecular formula is C10H10N2Si. The number of nitrogens with one attached hydrogen (secondary N) is 1. The summed E-state index contributed by atoms with van der Waals surface area (Å²) in [6.07, 6.45) is 3.89. The van der Waals surface area contributed by atoms with Gasteiger partial charge in [0.2, 0.25) is 0 Å². The van der Waals surface area contributed by atoms with Gasteiger partial charge in [-0.1, -0.05) is 6.08 Å². The van der Waals surface area contributed by atoms with Gasteiger partial charge in [0.1, 0.15) is 0 Å². The second-order valence-electron chi connectivity index (χ2n) is 3.21. The predicted molar refractivity (Wildman–Crippen MR) is 55.7 cm³/mol. The number of nitrogens with zero attached hydrogens (tertiary/aromatic N) is 1. The number of hydrogen-bond donors (Lipinski definition) is 1. The van der Waals surface area contributed by atoms with E-state index >= 15 is 0 Å². The van der Waals surface area contributed by atoms with Crippen molar-refractivity contribution < 1.29 is 0 Å². The van der Waals surface area contributed by atoms with Crippen molar-refractivity contribution in [2.75, 3.05) is 0 Å². The molecule has 3 heteroatoms. The molecule has 0 spiro atoms. The topological polar surface area (TPSA) is 28.7 Å². The largest absolute Gasteiger partial charge is 0.278 e. The van der Waals surface area contributed by atoms with Crippen molar-refractivity contribution in [3.05, 3.63) is 35.2 Å². The highest BCUT2D eigenvalue weighted by atomic mass is 28.1. The van der Waals surface area contributed by atoms with Crippen LogP contribution in [0.1, 0.15) is 19.5 Å². The quantitative estimate of drug-likeness (QED) is 0.661. The average molecular weight is 186 g/mol. The number of rotatable bonds is 1. The van der Waals surface area contributed by atoms with Crippen LogP contribution >= 0.6 is 0 Å². The van der Waals surface area contributed by atoms with Gasteiger partial charge >= 0.3 is 0 Å². The molecule has 2 radical (unpaired) electrons. The van der Waals surface area contributed by atoms with Crippen LogP contribution in [-0.4, -0.2) is 25.2 Å².